The molecule has 6 nitrogen and oxygen atoms in total. The third-order valence-corrected chi connectivity index (χ3v) is 6.63. The van der Waals surface area contributed by atoms with Crippen LogP contribution in [-0.2, 0) is 11.2 Å². The normalized spacial score (nSPS) is 12.5. The number of aromatic nitrogens is 2. The summed E-state index contributed by atoms with van der Waals surface area (Å²) in [5.41, 5.74) is 3.29. The number of nitrogens with zero attached hydrogens (tertiary/aromatic N) is 2. The van der Waals surface area contributed by atoms with Gasteiger partial charge in [0.2, 0.25) is 17.6 Å². The van der Waals surface area contributed by atoms with Gasteiger partial charge in [0.05, 0.1) is 17.2 Å². The molecule has 1 amide bonds. The molecule has 0 radical (unpaired) electrons. The number of benzene rings is 3. The summed E-state index contributed by atoms with van der Waals surface area (Å²) in [4.78, 5) is 19.1. The summed E-state index contributed by atoms with van der Waals surface area (Å²) < 4.78 is 11.5. The summed E-state index contributed by atoms with van der Waals surface area (Å²) in [5.74, 6) is 1.85. The monoisotopic (exact) mass is 465 g/mol. The van der Waals surface area contributed by atoms with E-state index in [4.69, 9.17) is 9.26 Å². The molecule has 5 aromatic rings. The molecule has 2 aromatic heterocycles. The zero-order valence-corrected chi connectivity index (χ0v) is 18.8. The van der Waals surface area contributed by atoms with Gasteiger partial charge in [-0.25, -0.2) is 0 Å². The molecule has 3 aromatic carbocycles. The molecule has 0 bridgehead atoms. The van der Waals surface area contributed by atoms with Gasteiger partial charge < -0.3 is 14.6 Å². The van der Waals surface area contributed by atoms with Crippen molar-refractivity contribution in [1.82, 2.24) is 10.1 Å². The smallest absolute Gasteiger partial charge is 0.236 e. The van der Waals surface area contributed by atoms with E-state index in [1.165, 1.54) is 0 Å². The number of nitrogens with one attached hydrogen (secondary N) is 1. The Morgan fingerprint density at radius 3 is 2.32 bits per heavy atom. The van der Waals surface area contributed by atoms with Crippen LogP contribution in [0.2, 0.25) is 0 Å². The van der Waals surface area contributed by atoms with Crippen molar-refractivity contribution in [2.24, 2.45) is 0 Å². The summed E-state index contributed by atoms with van der Waals surface area (Å²) in [6, 6.07) is 26.9. The van der Waals surface area contributed by atoms with Gasteiger partial charge in [-0.05, 0) is 35.2 Å². The molecule has 0 aliphatic carbocycles. The van der Waals surface area contributed by atoms with Crippen molar-refractivity contribution in [2.75, 3.05) is 5.32 Å². The Labute approximate surface area is 199 Å². The van der Waals surface area contributed by atoms with E-state index in [9.17, 15) is 4.79 Å². The molecule has 166 valence electrons. The molecule has 0 unspecified atom stereocenters. The number of carbonyl (C=O) groups is 1. The van der Waals surface area contributed by atoms with Gasteiger partial charge in [-0.1, -0.05) is 65.8 Å². The average Bonchev–Trinajstić information content (AvgIpc) is 3.56. The van der Waals surface area contributed by atoms with Crippen LogP contribution in [0.3, 0.4) is 0 Å². The second-order valence-electron chi connectivity index (χ2n) is 7.92. The van der Waals surface area contributed by atoms with E-state index in [0.717, 1.165) is 21.6 Å². The van der Waals surface area contributed by atoms with Crippen molar-refractivity contribution in [3.8, 4) is 22.2 Å². The molecule has 1 N–H and O–H groups in total. The summed E-state index contributed by atoms with van der Waals surface area (Å²) in [6.45, 7) is 0. The van der Waals surface area contributed by atoms with E-state index in [1.54, 1.807) is 11.3 Å². The minimum absolute atomic E-state index is 0.125. The van der Waals surface area contributed by atoms with E-state index in [1.807, 2.05) is 90.3 Å². The SMILES string of the molecule is O=C(Nc1ccccc1Cc1nc(-c2cccs2)no1)C1c2ccccc2Oc2ccccc21. The van der Waals surface area contributed by atoms with Crippen LogP contribution in [0.1, 0.15) is 28.5 Å². The van der Waals surface area contributed by atoms with Crippen LogP contribution in [0, 0.1) is 0 Å². The highest BCUT2D eigenvalue weighted by Crippen LogP contribution is 2.44. The number of para-hydroxylation sites is 3. The summed E-state index contributed by atoms with van der Waals surface area (Å²) in [5, 5.41) is 9.20. The van der Waals surface area contributed by atoms with Crippen LogP contribution in [-0.4, -0.2) is 16.0 Å². The van der Waals surface area contributed by atoms with Gasteiger partial charge in [0.1, 0.15) is 11.5 Å². The van der Waals surface area contributed by atoms with Gasteiger partial charge in [-0.15, -0.1) is 11.3 Å². The molecule has 0 saturated carbocycles. The highest BCUT2D eigenvalue weighted by molar-refractivity contribution is 7.13. The topological polar surface area (TPSA) is 77.3 Å². The Bertz CT molecular complexity index is 1430. The summed E-state index contributed by atoms with van der Waals surface area (Å²) >= 11 is 1.56. The molecule has 0 spiro atoms. The third-order valence-electron chi connectivity index (χ3n) is 5.77. The second kappa shape index (κ2) is 8.61. The van der Waals surface area contributed by atoms with Gasteiger partial charge in [0, 0.05) is 16.8 Å². The number of thiophene rings is 1. The Hall–Kier alpha value is -4.23. The molecular weight excluding hydrogens is 446 g/mol. The Kier molecular flexibility index (Phi) is 5.16. The maximum atomic E-state index is 13.6. The van der Waals surface area contributed by atoms with Crippen molar-refractivity contribution in [3.63, 3.8) is 0 Å². The Morgan fingerprint density at radius 1 is 0.882 bits per heavy atom. The first-order valence-electron chi connectivity index (χ1n) is 10.9. The largest absolute Gasteiger partial charge is 0.457 e. The maximum Gasteiger partial charge on any atom is 0.236 e. The Morgan fingerprint density at radius 2 is 1.59 bits per heavy atom. The van der Waals surface area contributed by atoms with Crippen LogP contribution in [0.15, 0.2) is 94.8 Å². The second-order valence-corrected chi connectivity index (χ2v) is 8.87. The number of ether oxygens (including phenoxy) is 1. The highest BCUT2D eigenvalue weighted by Gasteiger charge is 2.32. The van der Waals surface area contributed by atoms with Crippen LogP contribution < -0.4 is 10.1 Å². The lowest BCUT2D eigenvalue weighted by Gasteiger charge is -2.27. The quantitative estimate of drug-likeness (QED) is 0.331. The fraction of sp³-hybridized carbons (Fsp3) is 0.0741. The van der Waals surface area contributed by atoms with E-state index < -0.39 is 5.92 Å². The first kappa shape index (κ1) is 20.4. The zero-order chi connectivity index (χ0) is 22.9. The van der Waals surface area contributed by atoms with Crippen molar-refractivity contribution in [1.29, 1.82) is 0 Å². The van der Waals surface area contributed by atoms with Crippen LogP contribution in [0.4, 0.5) is 5.69 Å². The lowest BCUT2D eigenvalue weighted by atomic mass is 9.87. The molecular formula is C27H19N3O3S. The molecule has 6 rings (SSSR count). The van der Waals surface area contributed by atoms with E-state index in [2.05, 4.69) is 15.5 Å². The average molecular weight is 466 g/mol. The molecule has 0 fully saturated rings. The number of hydrogen-bond acceptors (Lipinski definition) is 6. The molecule has 0 saturated heterocycles. The lowest BCUT2D eigenvalue weighted by molar-refractivity contribution is -0.116. The van der Waals surface area contributed by atoms with Gasteiger partial charge in [0.25, 0.3) is 0 Å². The molecule has 1 aliphatic rings. The predicted octanol–water partition coefficient (Wildman–Crippen LogP) is 6.27. The first-order valence-corrected chi connectivity index (χ1v) is 11.7. The summed E-state index contributed by atoms with van der Waals surface area (Å²) in [6.07, 6.45) is 0.412. The number of rotatable bonds is 5. The molecule has 0 atom stereocenters. The minimum Gasteiger partial charge on any atom is -0.457 e. The van der Waals surface area contributed by atoms with Gasteiger partial charge in [-0.3, -0.25) is 4.79 Å². The van der Waals surface area contributed by atoms with Crippen LogP contribution in [0.5, 0.6) is 11.5 Å². The van der Waals surface area contributed by atoms with Crippen molar-refractivity contribution < 1.29 is 14.1 Å². The van der Waals surface area contributed by atoms with E-state index in [-0.39, 0.29) is 5.91 Å². The zero-order valence-electron chi connectivity index (χ0n) is 18.0. The standard InChI is InChI=1S/C27H19N3O3S/c31-27(25-18-9-2-5-12-21(18)32-22-13-6-3-10-19(22)25)28-20-11-4-1-8-17(20)16-24-29-26(30-33-24)23-14-7-15-34-23/h1-15,25H,16H2,(H,28,31). The Balaban J connectivity index is 1.29. The number of anilines is 1. The molecule has 34 heavy (non-hydrogen) atoms. The molecule has 7 heteroatoms. The van der Waals surface area contributed by atoms with E-state index in [0.29, 0.717) is 35.3 Å². The summed E-state index contributed by atoms with van der Waals surface area (Å²) in [7, 11) is 0. The molecule has 1 aliphatic heterocycles. The number of hydrogen-bond donors (Lipinski definition) is 1. The first-order chi connectivity index (χ1) is 16.8. The predicted molar refractivity (Wildman–Crippen MR) is 130 cm³/mol. The minimum atomic E-state index is -0.483. The lowest BCUT2D eigenvalue weighted by Crippen LogP contribution is -2.25. The molecule has 3 heterocycles. The maximum absolute atomic E-state index is 13.6. The fourth-order valence-corrected chi connectivity index (χ4v) is 4.84. The van der Waals surface area contributed by atoms with E-state index >= 15 is 0 Å². The number of carbonyl (C=O) groups excluding carboxylic acids is 1. The number of amides is 1. The highest BCUT2D eigenvalue weighted by atomic mass is 32.1. The van der Waals surface area contributed by atoms with Crippen molar-refractivity contribution >= 4 is 22.9 Å². The van der Waals surface area contributed by atoms with Crippen LogP contribution >= 0.6 is 11.3 Å². The van der Waals surface area contributed by atoms with Crippen molar-refractivity contribution in [3.05, 3.63) is 113 Å². The third kappa shape index (κ3) is 3.76. The van der Waals surface area contributed by atoms with Gasteiger partial charge in [0.15, 0.2) is 0 Å². The fourth-order valence-electron chi connectivity index (χ4n) is 4.19. The van der Waals surface area contributed by atoms with Gasteiger partial charge in [-0.2, -0.15) is 4.98 Å². The number of fused-ring (bicyclic) bond motifs is 2. The van der Waals surface area contributed by atoms with Crippen LogP contribution in [0.25, 0.3) is 10.7 Å². The van der Waals surface area contributed by atoms with Gasteiger partial charge >= 0.3 is 0 Å². The van der Waals surface area contributed by atoms with Crippen molar-refractivity contribution in [2.45, 2.75) is 12.3 Å².